The summed E-state index contributed by atoms with van der Waals surface area (Å²) in [7, 11) is 0. The maximum Gasteiger partial charge on any atom is 0.275 e. The Kier molecular flexibility index (Phi) is 5.19. The van der Waals surface area contributed by atoms with Crippen molar-refractivity contribution < 1.29 is 9.13 Å². The molecule has 2 fully saturated rings. The number of ether oxygens (including phenoxy) is 1. The van der Waals surface area contributed by atoms with Crippen LogP contribution in [0.2, 0.25) is 0 Å². The zero-order chi connectivity index (χ0) is 21.4. The van der Waals surface area contributed by atoms with Gasteiger partial charge in [-0.2, -0.15) is 4.98 Å². The number of hydrogen-bond acceptors (Lipinski definition) is 7. The summed E-state index contributed by atoms with van der Waals surface area (Å²) in [6.07, 6.45) is 5.67. The Hall–Kier alpha value is -3.20. The average molecular weight is 424 g/mol. The van der Waals surface area contributed by atoms with Gasteiger partial charge in [0, 0.05) is 36.4 Å². The zero-order valence-electron chi connectivity index (χ0n) is 17.2. The number of morpholine rings is 1. The molecule has 0 bridgehead atoms. The molecule has 162 valence electrons. The lowest BCUT2D eigenvalue weighted by Gasteiger charge is -2.29. The van der Waals surface area contributed by atoms with E-state index in [9.17, 15) is 9.18 Å². The van der Waals surface area contributed by atoms with Crippen LogP contribution in [0.1, 0.15) is 31.7 Å². The van der Waals surface area contributed by atoms with E-state index in [0.29, 0.717) is 54.7 Å². The molecule has 1 aliphatic carbocycles. The van der Waals surface area contributed by atoms with Crippen LogP contribution in [-0.4, -0.2) is 40.8 Å². The van der Waals surface area contributed by atoms with Crippen molar-refractivity contribution in [1.82, 2.24) is 14.5 Å². The van der Waals surface area contributed by atoms with Gasteiger partial charge in [-0.05, 0) is 37.1 Å². The van der Waals surface area contributed by atoms with E-state index in [4.69, 9.17) is 10.5 Å². The highest BCUT2D eigenvalue weighted by atomic mass is 19.1. The lowest BCUT2D eigenvalue weighted by molar-refractivity contribution is 0.122. The topological polar surface area (TPSA) is 98.3 Å². The van der Waals surface area contributed by atoms with E-state index in [0.717, 1.165) is 25.7 Å². The van der Waals surface area contributed by atoms with Gasteiger partial charge in [0.2, 0.25) is 5.95 Å². The van der Waals surface area contributed by atoms with Crippen molar-refractivity contribution in [2.75, 3.05) is 42.3 Å². The number of pyridine rings is 1. The van der Waals surface area contributed by atoms with Crippen LogP contribution in [0.3, 0.4) is 0 Å². The van der Waals surface area contributed by atoms with Gasteiger partial charge in [-0.15, -0.1) is 0 Å². The molecule has 5 rings (SSSR count). The number of halogens is 1. The minimum Gasteiger partial charge on any atom is -0.394 e. The number of benzene rings is 1. The molecule has 2 aromatic heterocycles. The van der Waals surface area contributed by atoms with Gasteiger partial charge in [-0.1, -0.05) is 12.8 Å². The van der Waals surface area contributed by atoms with Crippen LogP contribution in [0.4, 0.5) is 27.4 Å². The molecule has 2 aliphatic rings. The van der Waals surface area contributed by atoms with E-state index < -0.39 is 0 Å². The summed E-state index contributed by atoms with van der Waals surface area (Å²) < 4.78 is 21.8. The predicted octanol–water partition coefficient (Wildman–Crippen LogP) is 3.21. The van der Waals surface area contributed by atoms with Gasteiger partial charge in [0.05, 0.1) is 24.6 Å². The number of rotatable bonds is 4. The first-order valence-corrected chi connectivity index (χ1v) is 10.7. The second-order valence-corrected chi connectivity index (χ2v) is 8.08. The molecule has 31 heavy (non-hydrogen) atoms. The van der Waals surface area contributed by atoms with E-state index in [1.807, 2.05) is 4.90 Å². The molecule has 0 radical (unpaired) electrons. The van der Waals surface area contributed by atoms with Crippen molar-refractivity contribution in [3.05, 3.63) is 46.6 Å². The van der Waals surface area contributed by atoms with Gasteiger partial charge >= 0.3 is 0 Å². The Morgan fingerprint density at radius 2 is 1.94 bits per heavy atom. The molecule has 0 unspecified atom stereocenters. The second-order valence-electron chi connectivity index (χ2n) is 8.08. The number of anilines is 4. The largest absolute Gasteiger partial charge is 0.394 e. The third-order valence-corrected chi connectivity index (χ3v) is 6.05. The number of nitrogen functional groups attached to an aromatic ring is 1. The Bertz CT molecular complexity index is 1170. The van der Waals surface area contributed by atoms with Crippen LogP contribution in [0.15, 0.2) is 35.3 Å². The highest BCUT2D eigenvalue weighted by Gasteiger charge is 2.22. The van der Waals surface area contributed by atoms with E-state index in [-0.39, 0.29) is 23.1 Å². The summed E-state index contributed by atoms with van der Waals surface area (Å²) in [5.74, 6) is -0.00901. The highest BCUT2D eigenvalue weighted by Crippen LogP contribution is 2.31. The SMILES string of the molecule is Nc1cc2cnc(Nc3ccc(N4CCOCC4)c(F)c3)nc2n(C2CCCC2)c1=O. The van der Waals surface area contributed by atoms with Crippen molar-refractivity contribution in [3.63, 3.8) is 0 Å². The Balaban J connectivity index is 1.47. The molecule has 3 N–H and O–H groups in total. The van der Waals surface area contributed by atoms with Crippen LogP contribution in [0.25, 0.3) is 11.0 Å². The zero-order valence-corrected chi connectivity index (χ0v) is 17.2. The van der Waals surface area contributed by atoms with Gasteiger partial charge in [0.1, 0.15) is 11.5 Å². The third kappa shape index (κ3) is 3.81. The first-order chi connectivity index (χ1) is 15.1. The van der Waals surface area contributed by atoms with E-state index in [2.05, 4.69) is 15.3 Å². The molecule has 1 aliphatic heterocycles. The van der Waals surface area contributed by atoms with Crippen LogP contribution >= 0.6 is 0 Å². The van der Waals surface area contributed by atoms with Crippen LogP contribution < -0.4 is 21.5 Å². The van der Waals surface area contributed by atoms with Crippen LogP contribution in [0, 0.1) is 5.82 Å². The molecule has 0 spiro atoms. The quantitative estimate of drug-likeness (QED) is 0.664. The molecule has 3 heterocycles. The average Bonchev–Trinajstić information content (AvgIpc) is 3.30. The maximum atomic E-state index is 14.7. The first-order valence-electron chi connectivity index (χ1n) is 10.7. The summed E-state index contributed by atoms with van der Waals surface area (Å²) in [4.78, 5) is 23.7. The number of nitrogens with one attached hydrogen (secondary N) is 1. The summed E-state index contributed by atoms with van der Waals surface area (Å²) in [6.45, 7) is 2.52. The fourth-order valence-corrected chi connectivity index (χ4v) is 4.48. The Morgan fingerprint density at radius 3 is 2.68 bits per heavy atom. The number of hydrogen-bond donors (Lipinski definition) is 2. The van der Waals surface area contributed by atoms with Crippen molar-refractivity contribution in [3.8, 4) is 0 Å². The lowest BCUT2D eigenvalue weighted by atomic mass is 10.2. The summed E-state index contributed by atoms with van der Waals surface area (Å²) in [5.41, 5.74) is 7.58. The third-order valence-electron chi connectivity index (χ3n) is 6.05. The number of aromatic nitrogens is 3. The molecule has 0 atom stereocenters. The fraction of sp³-hybridized carbons (Fsp3) is 0.409. The van der Waals surface area contributed by atoms with Crippen molar-refractivity contribution in [2.24, 2.45) is 0 Å². The fourth-order valence-electron chi connectivity index (χ4n) is 4.48. The number of fused-ring (bicyclic) bond motifs is 1. The minimum absolute atomic E-state index is 0.0894. The Labute approximate surface area is 178 Å². The molecule has 9 heteroatoms. The molecule has 3 aromatic rings. The van der Waals surface area contributed by atoms with Crippen LogP contribution in [0.5, 0.6) is 0 Å². The normalized spacial score (nSPS) is 17.4. The van der Waals surface area contributed by atoms with Crippen molar-refractivity contribution in [2.45, 2.75) is 31.7 Å². The van der Waals surface area contributed by atoms with Crippen molar-refractivity contribution >= 4 is 34.0 Å². The highest BCUT2D eigenvalue weighted by molar-refractivity contribution is 5.79. The summed E-state index contributed by atoms with van der Waals surface area (Å²) in [5, 5.41) is 3.78. The van der Waals surface area contributed by atoms with E-state index >= 15 is 0 Å². The number of nitrogens with two attached hydrogens (primary N) is 1. The molecular weight excluding hydrogens is 399 g/mol. The van der Waals surface area contributed by atoms with E-state index in [1.165, 1.54) is 6.07 Å². The molecule has 1 saturated heterocycles. The van der Waals surface area contributed by atoms with Gasteiger partial charge in [-0.3, -0.25) is 9.36 Å². The van der Waals surface area contributed by atoms with E-state index in [1.54, 1.807) is 29.0 Å². The van der Waals surface area contributed by atoms with Crippen LogP contribution in [-0.2, 0) is 4.74 Å². The molecule has 8 nitrogen and oxygen atoms in total. The summed E-state index contributed by atoms with van der Waals surface area (Å²) in [6, 6.07) is 6.69. The van der Waals surface area contributed by atoms with Gasteiger partial charge < -0.3 is 20.7 Å². The van der Waals surface area contributed by atoms with Gasteiger partial charge in [0.25, 0.3) is 5.56 Å². The molecular formula is C22H25FN6O2. The lowest BCUT2D eigenvalue weighted by Crippen LogP contribution is -2.36. The summed E-state index contributed by atoms with van der Waals surface area (Å²) >= 11 is 0. The predicted molar refractivity (Wildman–Crippen MR) is 118 cm³/mol. The first kappa shape index (κ1) is 19.7. The minimum atomic E-state index is -0.316. The molecule has 0 amide bonds. The van der Waals surface area contributed by atoms with Gasteiger partial charge in [0.15, 0.2) is 0 Å². The Morgan fingerprint density at radius 1 is 1.16 bits per heavy atom. The van der Waals surface area contributed by atoms with Crippen molar-refractivity contribution in [1.29, 1.82) is 0 Å². The smallest absolute Gasteiger partial charge is 0.275 e. The molecule has 1 aromatic carbocycles. The number of nitrogens with zero attached hydrogens (tertiary/aromatic N) is 4. The molecule has 1 saturated carbocycles. The standard InChI is InChI=1S/C22H25FN6O2/c23-17-12-15(5-6-19(17)28-7-9-31-10-8-28)26-22-25-13-14-11-18(24)21(30)29(20(14)27-22)16-3-1-2-4-16/h5-6,11-13,16H,1-4,7-10,24H2,(H,25,26,27). The maximum absolute atomic E-state index is 14.7. The monoisotopic (exact) mass is 424 g/mol. The van der Waals surface area contributed by atoms with Gasteiger partial charge in [-0.25, -0.2) is 9.37 Å². The second kappa shape index (κ2) is 8.14.